The topological polar surface area (TPSA) is 76.2 Å². The number of nitrogens with zero attached hydrogens (tertiary/aromatic N) is 3. The van der Waals surface area contributed by atoms with Gasteiger partial charge in [-0.25, -0.2) is 13.4 Å². The largest absolute Gasteiger partial charge is 0.328 e. The summed E-state index contributed by atoms with van der Waals surface area (Å²) in [7, 11) is -3.31. The molecule has 0 saturated carbocycles. The van der Waals surface area contributed by atoms with Crippen molar-refractivity contribution in [1.82, 2.24) is 13.7 Å². The third-order valence-corrected chi connectivity index (χ3v) is 7.41. The number of sulfonamides is 1. The lowest BCUT2D eigenvalue weighted by molar-refractivity contribution is -0.917. The maximum absolute atomic E-state index is 12.6. The Morgan fingerprint density at radius 2 is 1.89 bits per heavy atom. The van der Waals surface area contributed by atoms with E-state index in [0.717, 1.165) is 11.3 Å². The lowest BCUT2D eigenvalue weighted by Gasteiger charge is -2.31. The van der Waals surface area contributed by atoms with Gasteiger partial charge in [0.05, 0.1) is 31.9 Å². The van der Waals surface area contributed by atoms with Gasteiger partial charge < -0.3 is 4.90 Å². The molecule has 9 heteroatoms. The van der Waals surface area contributed by atoms with E-state index in [4.69, 9.17) is 0 Å². The first-order valence-electron chi connectivity index (χ1n) is 8.82. The Balaban J connectivity index is 1.39. The third-order valence-electron chi connectivity index (χ3n) is 4.80. The Morgan fingerprint density at radius 1 is 1.15 bits per heavy atom. The second kappa shape index (κ2) is 7.51. The van der Waals surface area contributed by atoms with Crippen LogP contribution in [0.25, 0.3) is 4.96 Å². The minimum absolute atomic E-state index is 0.0382. The van der Waals surface area contributed by atoms with Gasteiger partial charge in [-0.2, -0.15) is 4.31 Å². The zero-order valence-corrected chi connectivity index (χ0v) is 16.4. The molecule has 4 rings (SSSR count). The SMILES string of the molecule is O=c1cc(C[NH+]2CCN(S(=O)(=O)Cc3ccccc3)CC2)nc2sccn12. The van der Waals surface area contributed by atoms with Crippen molar-refractivity contribution in [3.05, 3.63) is 69.6 Å². The quantitative estimate of drug-likeness (QED) is 0.648. The van der Waals surface area contributed by atoms with Crippen molar-refractivity contribution < 1.29 is 13.3 Å². The fraction of sp³-hybridized carbons (Fsp3) is 0.333. The second-order valence-corrected chi connectivity index (χ2v) is 9.55. The number of fused-ring (bicyclic) bond motifs is 1. The van der Waals surface area contributed by atoms with Crippen molar-refractivity contribution in [3.8, 4) is 0 Å². The molecule has 27 heavy (non-hydrogen) atoms. The van der Waals surface area contributed by atoms with E-state index < -0.39 is 10.0 Å². The van der Waals surface area contributed by atoms with Crippen LogP contribution in [0.4, 0.5) is 0 Å². The Kier molecular flexibility index (Phi) is 5.09. The molecule has 3 aromatic rings. The molecule has 1 N–H and O–H groups in total. The van der Waals surface area contributed by atoms with Crippen molar-refractivity contribution in [2.45, 2.75) is 12.3 Å². The van der Waals surface area contributed by atoms with E-state index in [9.17, 15) is 13.2 Å². The van der Waals surface area contributed by atoms with E-state index in [2.05, 4.69) is 4.98 Å². The number of nitrogens with one attached hydrogen (secondary N) is 1. The molecule has 1 aliphatic heterocycles. The van der Waals surface area contributed by atoms with E-state index in [1.165, 1.54) is 20.6 Å². The molecule has 0 aliphatic carbocycles. The third kappa shape index (κ3) is 4.11. The molecule has 1 aromatic carbocycles. The number of rotatable bonds is 5. The number of aromatic nitrogens is 2. The summed E-state index contributed by atoms with van der Waals surface area (Å²) in [4.78, 5) is 18.6. The first kappa shape index (κ1) is 18.3. The van der Waals surface area contributed by atoms with Gasteiger partial charge in [0.2, 0.25) is 10.0 Å². The fourth-order valence-corrected chi connectivity index (χ4v) is 5.64. The molecule has 0 amide bonds. The van der Waals surface area contributed by atoms with Crippen LogP contribution < -0.4 is 10.5 Å². The number of piperazine rings is 1. The van der Waals surface area contributed by atoms with Gasteiger partial charge in [-0.05, 0) is 5.56 Å². The highest BCUT2D eigenvalue weighted by molar-refractivity contribution is 7.88. The molecule has 1 saturated heterocycles. The summed E-state index contributed by atoms with van der Waals surface area (Å²) >= 11 is 1.44. The molecule has 7 nitrogen and oxygen atoms in total. The normalized spacial score (nSPS) is 16.7. The van der Waals surface area contributed by atoms with Crippen LogP contribution in [0.2, 0.25) is 0 Å². The molecule has 1 aliphatic rings. The lowest BCUT2D eigenvalue weighted by Crippen LogP contribution is -3.13. The van der Waals surface area contributed by atoms with Crippen molar-refractivity contribution in [2.75, 3.05) is 26.2 Å². The van der Waals surface area contributed by atoms with E-state index in [1.807, 2.05) is 35.7 Å². The minimum Gasteiger partial charge on any atom is -0.328 e. The molecule has 1 fully saturated rings. The average molecular weight is 406 g/mol. The maximum atomic E-state index is 12.6. The van der Waals surface area contributed by atoms with Gasteiger partial charge in [-0.1, -0.05) is 30.3 Å². The fourth-order valence-electron chi connectivity index (χ4n) is 3.37. The van der Waals surface area contributed by atoms with Crippen LogP contribution in [-0.2, 0) is 22.3 Å². The van der Waals surface area contributed by atoms with Crippen LogP contribution in [0.3, 0.4) is 0 Å². The highest BCUT2D eigenvalue weighted by Crippen LogP contribution is 2.11. The van der Waals surface area contributed by atoms with Gasteiger partial charge >= 0.3 is 0 Å². The molecule has 0 unspecified atom stereocenters. The highest BCUT2D eigenvalue weighted by atomic mass is 32.2. The number of benzene rings is 1. The first-order chi connectivity index (χ1) is 13.0. The van der Waals surface area contributed by atoms with Crippen LogP contribution >= 0.6 is 11.3 Å². The Morgan fingerprint density at radius 3 is 2.63 bits per heavy atom. The first-order valence-corrected chi connectivity index (χ1v) is 11.3. The van der Waals surface area contributed by atoms with E-state index in [0.29, 0.717) is 37.7 Å². The van der Waals surface area contributed by atoms with Gasteiger partial charge in [0.25, 0.3) is 5.56 Å². The summed E-state index contributed by atoms with van der Waals surface area (Å²) in [5.41, 5.74) is 1.50. The van der Waals surface area contributed by atoms with Crippen molar-refractivity contribution in [3.63, 3.8) is 0 Å². The minimum atomic E-state index is -3.31. The van der Waals surface area contributed by atoms with Crippen LogP contribution in [-0.4, -0.2) is 48.3 Å². The summed E-state index contributed by atoms with van der Waals surface area (Å²) in [6.07, 6.45) is 1.72. The summed E-state index contributed by atoms with van der Waals surface area (Å²) in [6.45, 7) is 3.03. The van der Waals surface area contributed by atoms with Gasteiger partial charge in [0.1, 0.15) is 12.2 Å². The van der Waals surface area contributed by atoms with Crippen molar-refractivity contribution >= 4 is 26.3 Å². The second-order valence-electron chi connectivity index (χ2n) is 6.71. The highest BCUT2D eigenvalue weighted by Gasteiger charge is 2.29. The van der Waals surface area contributed by atoms with Crippen LogP contribution in [0.5, 0.6) is 0 Å². The number of thiazole rings is 1. The number of hydrogen-bond donors (Lipinski definition) is 1. The smallest absolute Gasteiger partial charge is 0.258 e. The molecular formula is C18H21N4O3S2+. The van der Waals surface area contributed by atoms with E-state index in [1.54, 1.807) is 16.6 Å². The van der Waals surface area contributed by atoms with Gasteiger partial charge in [0, 0.05) is 17.6 Å². The summed E-state index contributed by atoms with van der Waals surface area (Å²) < 4.78 is 28.4. The van der Waals surface area contributed by atoms with Crippen LogP contribution in [0.15, 0.2) is 52.8 Å². The predicted molar refractivity (Wildman–Crippen MR) is 104 cm³/mol. The molecule has 2 aromatic heterocycles. The van der Waals surface area contributed by atoms with Crippen LogP contribution in [0, 0.1) is 0 Å². The molecule has 3 heterocycles. The van der Waals surface area contributed by atoms with Crippen molar-refractivity contribution in [1.29, 1.82) is 0 Å². The molecule has 142 valence electrons. The van der Waals surface area contributed by atoms with E-state index >= 15 is 0 Å². The van der Waals surface area contributed by atoms with Crippen LogP contribution in [0.1, 0.15) is 11.3 Å². The maximum Gasteiger partial charge on any atom is 0.258 e. The number of hydrogen-bond acceptors (Lipinski definition) is 5. The monoisotopic (exact) mass is 405 g/mol. The lowest BCUT2D eigenvalue weighted by atomic mass is 10.2. The zero-order chi connectivity index (χ0) is 18.9. The summed E-state index contributed by atoms with van der Waals surface area (Å²) in [5.74, 6) is 0.0382. The van der Waals surface area contributed by atoms with Gasteiger partial charge in [-0.3, -0.25) is 9.20 Å². The summed E-state index contributed by atoms with van der Waals surface area (Å²) in [5, 5.41) is 1.84. The Hall–Kier alpha value is -2.07. The standard InChI is InChI=1S/C18H20N4O3S2/c23-17-12-16(19-18-22(17)10-11-26-18)13-20-6-8-21(9-7-20)27(24,25)14-15-4-2-1-3-5-15/h1-5,10-12H,6-9,13-14H2/p+1. The Labute approximate surface area is 161 Å². The van der Waals surface area contributed by atoms with Gasteiger partial charge in [-0.15, -0.1) is 11.3 Å². The summed E-state index contributed by atoms with van der Waals surface area (Å²) in [6, 6.07) is 10.8. The van der Waals surface area contributed by atoms with Gasteiger partial charge in [0.15, 0.2) is 4.96 Å². The van der Waals surface area contributed by atoms with Crippen molar-refractivity contribution in [2.24, 2.45) is 0 Å². The predicted octanol–water partition coefficient (Wildman–Crippen LogP) is -0.0135. The van der Waals surface area contributed by atoms with E-state index in [-0.39, 0.29) is 11.3 Å². The Bertz CT molecular complexity index is 1080. The average Bonchev–Trinajstić information content (AvgIpc) is 3.12. The molecule has 0 radical (unpaired) electrons. The zero-order valence-electron chi connectivity index (χ0n) is 14.7. The number of quaternary nitrogens is 1. The molecular weight excluding hydrogens is 384 g/mol. The molecule has 0 bridgehead atoms. The molecule has 0 atom stereocenters. The molecule has 0 spiro atoms.